The molecule has 0 spiro atoms. The van der Waals surface area contributed by atoms with Crippen molar-refractivity contribution >= 4 is 17.5 Å². The number of carbonyl (C=O) groups is 1. The second kappa shape index (κ2) is 11.4. The average Bonchev–Trinajstić information content (AvgIpc) is 3.31. The lowest BCUT2D eigenvalue weighted by Crippen LogP contribution is -2.28. The lowest BCUT2D eigenvalue weighted by Gasteiger charge is -2.09. The Hall–Kier alpha value is -3.77. The van der Waals surface area contributed by atoms with E-state index < -0.39 is 0 Å². The zero-order valence-corrected chi connectivity index (χ0v) is 19.7. The van der Waals surface area contributed by atoms with Crippen molar-refractivity contribution < 1.29 is 14.3 Å². The maximum Gasteiger partial charge on any atom is 0.258 e. The van der Waals surface area contributed by atoms with Crippen LogP contribution in [0, 0.1) is 0 Å². The third-order valence-electron chi connectivity index (χ3n) is 5.08. The van der Waals surface area contributed by atoms with Crippen molar-refractivity contribution in [2.24, 2.45) is 0 Å². The fraction of sp³-hybridized carbons (Fsp3) is 0.185. The van der Waals surface area contributed by atoms with Crippen LogP contribution in [0.15, 0.2) is 85.1 Å². The molecule has 0 radical (unpaired) electrons. The van der Waals surface area contributed by atoms with E-state index in [4.69, 9.17) is 26.2 Å². The van der Waals surface area contributed by atoms with Gasteiger partial charge in [0.2, 0.25) is 0 Å². The fourth-order valence-corrected chi connectivity index (χ4v) is 3.56. The predicted octanol–water partition coefficient (Wildman–Crippen LogP) is 5.68. The van der Waals surface area contributed by atoms with Crippen LogP contribution in [0.5, 0.6) is 11.5 Å². The van der Waals surface area contributed by atoms with Crippen molar-refractivity contribution in [1.82, 2.24) is 15.1 Å². The molecule has 0 bridgehead atoms. The number of nitrogens with zero attached hydrogens (tertiary/aromatic N) is 2. The van der Waals surface area contributed by atoms with Crippen LogP contribution < -0.4 is 14.8 Å². The summed E-state index contributed by atoms with van der Waals surface area (Å²) in [6.45, 7) is 2.93. The van der Waals surface area contributed by atoms with Crippen LogP contribution in [-0.2, 0) is 11.3 Å². The van der Waals surface area contributed by atoms with E-state index in [9.17, 15) is 4.79 Å². The molecule has 1 N–H and O–H groups in total. The molecule has 6 nitrogen and oxygen atoms in total. The Balaban J connectivity index is 1.50. The minimum absolute atomic E-state index is 0.130. The molecule has 1 amide bonds. The van der Waals surface area contributed by atoms with Crippen molar-refractivity contribution in [2.75, 3.05) is 13.2 Å². The van der Waals surface area contributed by atoms with Crippen molar-refractivity contribution in [3.8, 4) is 28.4 Å². The van der Waals surface area contributed by atoms with E-state index in [1.807, 2.05) is 77.6 Å². The Morgan fingerprint density at radius 2 is 1.71 bits per heavy atom. The summed E-state index contributed by atoms with van der Waals surface area (Å²) in [4.78, 5) is 12.4. The van der Waals surface area contributed by atoms with Gasteiger partial charge in [-0.1, -0.05) is 48.9 Å². The van der Waals surface area contributed by atoms with Crippen LogP contribution in [0.4, 0.5) is 0 Å². The lowest BCUT2D eigenvalue weighted by molar-refractivity contribution is -0.123. The van der Waals surface area contributed by atoms with Crippen LogP contribution in [0.25, 0.3) is 16.9 Å². The largest absolute Gasteiger partial charge is 0.494 e. The molecule has 0 fully saturated rings. The van der Waals surface area contributed by atoms with Gasteiger partial charge in [-0.05, 0) is 55.0 Å². The topological polar surface area (TPSA) is 65.4 Å². The zero-order chi connectivity index (χ0) is 23.8. The quantitative estimate of drug-likeness (QED) is 0.320. The van der Waals surface area contributed by atoms with E-state index in [2.05, 4.69) is 12.2 Å². The molecular weight excluding hydrogens is 450 g/mol. The van der Waals surface area contributed by atoms with Gasteiger partial charge in [-0.3, -0.25) is 4.79 Å². The molecule has 0 unspecified atom stereocenters. The van der Waals surface area contributed by atoms with Crippen molar-refractivity contribution in [3.05, 3.63) is 95.6 Å². The molecule has 0 aliphatic carbocycles. The molecule has 0 saturated heterocycles. The Morgan fingerprint density at radius 1 is 0.971 bits per heavy atom. The minimum Gasteiger partial charge on any atom is -0.494 e. The number of rotatable bonds is 10. The lowest BCUT2D eigenvalue weighted by atomic mass is 10.1. The van der Waals surface area contributed by atoms with Crippen LogP contribution >= 0.6 is 11.6 Å². The second-order valence-corrected chi connectivity index (χ2v) is 8.06. The normalized spacial score (nSPS) is 10.6. The van der Waals surface area contributed by atoms with Gasteiger partial charge in [0.1, 0.15) is 11.5 Å². The monoisotopic (exact) mass is 475 g/mol. The van der Waals surface area contributed by atoms with Gasteiger partial charge < -0.3 is 14.8 Å². The number of benzene rings is 3. The van der Waals surface area contributed by atoms with Gasteiger partial charge in [0.05, 0.1) is 23.0 Å². The summed E-state index contributed by atoms with van der Waals surface area (Å²) in [6, 6.07) is 24.8. The molecule has 1 aromatic heterocycles. The van der Waals surface area contributed by atoms with Gasteiger partial charge in [0.25, 0.3) is 5.91 Å². The highest BCUT2D eigenvalue weighted by Crippen LogP contribution is 2.26. The molecule has 0 atom stereocenters. The molecular formula is C27H26ClN3O3. The number of halogens is 1. The molecule has 0 saturated carbocycles. The predicted molar refractivity (Wildman–Crippen MR) is 134 cm³/mol. The highest BCUT2D eigenvalue weighted by molar-refractivity contribution is 6.32. The fourth-order valence-electron chi connectivity index (χ4n) is 3.37. The van der Waals surface area contributed by atoms with Crippen LogP contribution in [0.2, 0.25) is 5.02 Å². The number of para-hydroxylation sites is 2. The summed E-state index contributed by atoms with van der Waals surface area (Å²) in [5.41, 5.74) is 3.55. The summed E-state index contributed by atoms with van der Waals surface area (Å²) in [5, 5.41) is 8.19. The Bertz CT molecular complexity index is 1220. The van der Waals surface area contributed by atoms with Gasteiger partial charge in [-0.15, -0.1) is 0 Å². The zero-order valence-electron chi connectivity index (χ0n) is 18.9. The molecule has 3 aromatic carbocycles. The van der Waals surface area contributed by atoms with Gasteiger partial charge in [0.15, 0.2) is 6.61 Å². The van der Waals surface area contributed by atoms with E-state index in [1.54, 1.807) is 12.1 Å². The van der Waals surface area contributed by atoms with E-state index in [-0.39, 0.29) is 12.5 Å². The highest BCUT2D eigenvalue weighted by atomic mass is 35.5. The number of amides is 1. The summed E-state index contributed by atoms with van der Waals surface area (Å²) in [5.74, 6) is 1.04. The van der Waals surface area contributed by atoms with Crippen molar-refractivity contribution in [3.63, 3.8) is 0 Å². The van der Waals surface area contributed by atoms with Gasteiger partial charge >= 0.3 is 0 Å². The van der Waals surface area contributed by atoms with Gasteiger partial charge in [-0.25, -0.2) is 4.68 Å². The SMILES string of the molecule is CCCOc1ccc(-c2nn(-c3ccccc3)cc2CNC(=O)COc2ccccc2Cl)cc1. The minimum atomic E-state index is -0.248. The first kappa shape index (κ1) is 23.4. The van der Waals surface area contributed by atoms with Crippen LogP contribution in [0.1, 0.15) is 18.9 Å². The van der Waals surface area contributed by atoms with Crippen LogP contribution in [0.3, 0.4) is 0 Å². The molecule has 4 rings (SSSR count). The number of aromatic nitrogens is 2. The molecule has 34 heavy (non-hydrogen) atoms. The van der Waals surface area contributed by atoms with Crippen LogP contribution in [-0.4, -0.2) is 28.9 Å². The maximum absolute atomic E-state index is 12.4. The average molecular weight is 476 g/mol. The summed E-state index contributed by atoms with van der Waals surface area (Å²) >= 11 is 6.09. The van der Waals surface area contributed by atoms with E-state index >= 15 is 0 Å². The molecule has 174 valence electrons. The molecule has 7 heteroatoms. The smallest absolute Gasteiger partial charge is 0.258 e. The number of carbonyl (C=O) groups excluding carboxylic acids is 1. The van der Waals surface area contributed by atoms with Gasteiger partial charge in [-0.2, -0.15) is 5.10 Å². The van der Waals surface area contributed by atoms with E-state index in [0.717, 1.165) is 34.7 Å². The first-order chi connectivity index (χ1) is 16.6. The standard InChI is InChI=1S/C27H26ClN3O3/c1-2-16-33-23-14-12-20(13-15-23)27-21(18-31(30-27)22-8-4-3-5-9-22)17-29-26(32)19-34-25-11-7-6-10-24(25)28/h3-15,18H,2,16-17,19H2,1H3,(H,29,32). The van der Waals surface area contributed by atoms with Crippen molar-refractivity contribution in [2.45, 2.75) is 19.9 Å². The maximum atomic E-state index is 12.4. The Kier molecular flexibility index (Phi) is 7.83. The Morgan fingerprint density at radius 3 is 2.44 bits per heavy atom. The summed E-state index contributed by atoms with van der Waals surface area (Å²) < 4.78 is 13.1. The molecule has 1 heterocycles. The first-order valence-electron chi connectivity index (χ1n) is 11.1. The Labute approximate surface area is 204 Å². The second-order valence-electron chi connectivity index (χ2n) is 7.65. The number of hydrogen-bond acceptors (Lipinski definition) is 4. The molecule has 4 aromatic rings. The number of ether oxygens (including phenoxy) is 2. The van der Waals surface area contributed by atoms with E-state index in [1.165, 1.54) is 0 Å². The van der Waals surface area contributed by atoms with E-state index in [0.29, 0.717) is 23.9 Å². The number of nitrogens with one attached hydrogen (secondary N) is 1. The van der Waals surface area contributed by atoms with Crippen molar-refractivity contribution in [1.29, 1.82) is 0 Å². The van der Waals surface area contributed by atoms with Gasteiger partial charge in [0, 0.05) is 23.9 Å². The third-order valence-corrected chi connectivity index (χ3v) is 5.40. The first-order valence-corrected chi connectivity index (χ1v) is 11.5. The third kappa shape index (κ3) is 5.97. The molecule has 0 aliphatic heterocycles. The molecule has 0 aliphatic rings. The highest BCUT2D eigenvalue weighted by Gasteiger charge is 2.14. The summed E-state index contributed by atoms with van der Waals surface area (Å²) in [7, 11) is 0. The summed E-state index contributed by atoms with van der Waals surface area (Å²) in [6.07, 6.45) is 2.88. The number of hydrogen-bond donors (Lipinski definition) is 1.